The van der Waals surface area contributed by atoms with Gasteiger partial charge in [0.1, 0.15) is 5.54 Å². The Balaban J connectivity index is 2.41. The maximum absolute atomic E-state index is 8.79. The molecule has 0 radical (unpaired) electrons. The molecular weight excluding hydrogens is 162 g/mol. The lowest BCUT2D eigenvalue weighted by Gasteiger charge is -2.34. The van der Waals surface area contributed by atoms with E-state index in [4.69, 9.17) is 11.0 Å². The van der Waals surface area contributed by atoms with Crippen LogP contribution in [0.1, 0.15) is 26.7 Å². The van der Waals surface area contributed by atoms with E-state index in [-0.39, 0.29) is 0 Å². The molecule has 3 nitrogen and oxygen atoms in total. The summed E-state index contributed by atoms with van der Waals surface area (Å²) in [7, 11) is 0. The summed E-state index contributed by atoms with van der Waals surface area (Å²) < 4.78 is 0. The van der Waals surface area contributed by atoms with E-state index in [9.17, 15) is 0 Å². The Hall–Kier alpha value is -0.590. The molecule has 0 aromatic rings. The first kappa shape index (κ1) is 10.5. The molecule has 3 heteroatoms. The van der Waals surface area contributed by atoms with Crippen molar-refractivity contribution in [3.05, 3.63) is 0 Å². The van der Waals surface area contributed by atoms with Gasteiger partial charge in [0.25, 0.3) is 0 Å². The molecule has 2 atom stereocenters. The Bertz CT molecular complexity index is 205. The largest absolute Gasteiger partial charge is 0.313 e. The number of piperidine rings is 1. The van der Waals surface area contributed by atoms with Crippen LogP contribution in [0.15, 0.2) is 0 Å². The molecule has 74 valence electrons. The number of rotatable bonds is 2. The highest BCUT2D eigenvalue weighted by Crippen LogP contribution is 2.16. The van der Waals surface area contributed by atoms with Crippen LogP contribution in [-0.4, -0.2) is 30.1 Å². The fourth-order valence-corrected chi connectivity index (χ4v) is 1.93. The van der Waals surface area contributed by atoms with E-state index in [2.05, 4.69) is 17.9 Å². The van der Waals surface area contributed by atoms with Crippen LogP contribution in [-0.2, 0) is 0 Å². The molecule has 0 aromatic carbocycles. The van der Waals surface area contributed by atoms with Crippen LogP contribution >= 0.6 is 0 Å². The van der Waals surface area contributed by atoms with E-state index in [0.29, 0.717) is 6.54 Å². The molecule has 1 heterocycles. The van der Waals surface area contributed by atoms with E-state index in [1.54, 1.807) is 6.92 Å². The van der Waals surface area contributed by atoms with Crippen LogP contribution in [0, 0.1) is 17.2 Å². The number of nitrogens with zero attached hydrogens (tertiary/aromatic N) is 2. The Kier molecular flexibility index (Phi) is 3.29. The van der Waals surface area contributed by atoms with E-state index < -0.39 is 5.54 Å². The summed E-state index contributed by atoms with van der Waals surface area (Å²) in [4.78, 5) is 2.30. The van der Waals surface area contributed by atoms with E-state index in [0.717, 1.165) is 19.0 Å². The van der Waals surface area contributed by atoms with Crippen LogP contribution in [0.5, 0.6) is 0 Å². The maximum Gasteiger partial charge on any atom is 0.114 e. The minimum Gasteiger partial charge on any atom is -0.313 e. The number of nitriles is 1. The number of nitrogens with two attached hydrogens (primary N) is 1. The predicted molar refractivity (Wildman–Crippen MR) is 53.0 cm³/mol. The van der Waals surface area contributed by atoms with E-state index in [1.165, 1.54) is 12.8 Å². The minimum absolute atomic E-state index is 0.683. The molecule has 0 aliphatic carbocycles. The second-order valence-corrected chi connectivity index (χ2v) is 4.51. The zero-order valence-corrected chi connectivity index (χ0v) is 8.58. The average Bonchev–Trinajstić information content (AvgIpc) is 2.03. The van der Waals surface area contributed by atoms with Crippen LogP contribution in [0.4, 0.5) is 0 Å². The summed E-state index contributed by atoms with van der Waals surface area (Å²) in [6.45, 7) is 6.94. The average molecular weight is 181 g/mol. The fraction of sp³-hybridized carbons (Fsp3) is 0.900. The van der Waals surface area contributed by atoms with Crippen molar-refractivity contribution >= 4 is 0 Å². The highest BCUT2D eigenvalue weighted by molar-refractivity contribution is 5.03. The second kappa shape index (κ2) is 4.08. The predicted octanol–water partition coefficient (Wildman–Crippen LogP) is 0.959. The molecular formula is C10H19N3. The third-order valence-corrected chi connectivity index (χ3v) is 2.55. The van der Waals surface area contributed by atoms with Gasteiger partial charge in [0.05, 0.1) is 6.07 Å². The molecule has 0 saturated carbocycles. The Morgan fingerprint density at radius 1 is 1.69 bits per heavy atom. The Morgan fingerprint density at radius 3 is 2.92 bits per heavy atom. The van der Waals surface area contributed by atoms with Gasteiger partial charge in [-0.05, 0) is 32.2 Å². The summed E-state index contributed by atoms with van der Waals surface area (Å²) in [6.07, 6.45) is 2.55. The smallest absolute Gasteiger partial charge is 0.114 e. The lowest BCUT2D eigenvalue weighted by molar-refractivity contribution is 0.165. The molecule has 2 unspecified atom stereocenters. The zero-order valence-electron chi connectivity index (χ0n) is 8.58. The standard InChI is InChI=1S/C10H19N3/c1-9-4-3-5-13(6-9)8-10(2,12)7-11/h9H,3-6,8,12H2,1-2H3. The summed E-state index contributed by atoms with van der Waals surface area (Å²) in [5, 5.41) is 8.79. The van der Waals surface area contributed by atoms with Gasteiger partial charge in [-0.3, -0.25) is 0 Å². The molecule has 2 N–H and O–H groups in total. The molecule has 13 heavy (non-hydrogen) atoms. The first-order valence-corrected chi connectivity index (χ1v) is 4.96. The van der Waals surface area contributed by atoms with Crippen LogP contribution < -0.4 is 5.73 Å². The Morgan fingerprint density at radius 2 is 2.38 bits per heavy atom. The van der Waals surface area contributed by atoms with Gasteiger partial charge in [0.2, 0.25) is 0 Å². The first-order valence-electron chi connectivity index (χ1n) is 4.96. The van der Waals surface area contributed by atoms with Crippen molar-refractivity contribution in [2.45, 2.75) is 32.2 Å². The quantitative estimate of drug-likeness (QED) is 0.690. The molecule has 1 fully saturated rings. The Labute approximate surface area is 80.5 Å². The molecule has 1 aliphatic rings. The third kappa shape index (κ3) is 3.33. The molecule has 0 spiro atoms. The van der Waals surface area contributed by atoms with Crippen molar-refractivity contribution < 1.29 is 0 Å². The van der Waals surface area contributed by atoms with Crippen molar-refractivity contribution in [3.63, 3.8) is 0 Å². The second-order valence-electron chi connectivity index (χ2n) is 4.51. The topological polar surface area (TPSA) is 53.0 Å². The van der Waals surface area contributed by atoms with Crippen molar-refractivity contribution in [1.29, 1.82) is 5.26 Å². The van der Waals surface area contributed by atoms with Gasteiger partial charge >= 0.3 is 0 Å². The van der Waals surface area contributed by atoms with Crippen LogP contribution in [0.25, 0.3) is 0 Å². The number of hydrogen-bond donors (Lipinski definition) is 1. The van der Waals surface area contributed by atoms with Gasteiger partial charge < -0.3 is 10.6 Å². The molecule has 0 bridgehead atoms. The maximum atomic E-state index is 8.79. The van der Waals surface area contributed by atoms with E-state index >= 15 is 0 Å². The van der Waals surface area contributed by atoms with Crippen LogP contribution in [0.2, 0.25) is 0 Å². The van der Waals surface area contributed by atoms with E-state index in [1.807, 2.05) is 0 Å². The van der Waals surface area contributed by atoms with Gasteiger partial charge in [-0.25, -0.2) is 0 Å². The molecule has 1 aliphatic heterocycles. The summed E-state index contributed by atoms with van der Waals surface area (Å²) in [5.74, 6) is 0.753. The fourth-order valence-electron chi connectivity index (χ4n) is 1.93. The minimum atomic E-state index is -0.683. The zero-order chi connectivity index (χ0) is 9.90. The highest BCUT2D eigenvalue weighted by atomic mass is 15.1. The van der Waals surface area contributed by atoms with Gasteiger partial charge in [-0.2, -0.15) is 5.26 Å². The number of likely N-dealkylation sites (tertiary alicyclic amines) is 1. The van der Waals surface area contributed by atoms with Gasteiger partial charge in [-0.1, -0.05) is 6.92 Å². The van der Waals surface area contributed by atoms with Gasteiger partial charge in [-0.15, -0.1) is 0 Å². The van der Waals surface area contributed by atoms with Gasteiger partial charge in [0, 0.05) is 13.1 Å². The van der Waals surface area contributed by atoms with Crippen molar-refractivity contribution in [2.24, 2.45) is 11.7 Å². The third-order valence-electron chi connectivity index (χ3n) is 2.55. The van der Waals surface area contributed by atoms with Crippen molar-refractivity contribution in [2.75, 3.05) is 19.6 Å². The normalized spacial score (nSPS) is 29.2. The molecule has 1 rings (SSSR count). The van der Waals surface area contributed by atoms with Crippen LogP contribution in [0.3, 0.4) is 0 Å². The molecule has 1 saturated heterocycles. The SMILES string of the molecule is CC1CCCN(CC(C)(N)C#N)C1. The summed E-state index contributed by atoms with van der Waals surface area (Å²) in [6, 6.07) is 2.14. The van der Waals surface area contributed by atoms with Crippen molar-refractivity contribution in [3.8, 4) is 6.07 Å². The van der Waals surface area contributed by atoms with Crippen molar-refractivity contribution in [1.82, 2.24) is 4.90 Å². The number of hydrogen-bond acceptors (Lipinski definition) is 3. The highest BCUT2D eigenvalue weighted by Gasteiger charge is 2.24. The monoisotopic (exact) mass is 181 g/mol. The summed E-state index contributed by atoms with van der Waals surface area (Å²) >= 11 is 0. The lowest BCUT2D eigenvalue weighted by atomic mass is 9.97. The molecule has 0 amide bonds. The summed E-state index contributed by atoms with van der Waals surface area (Å²) in [5.41, 5.74) is 5.11. The first-order chi connectivity index (χ1) is 6.03. The van der Waals surface area contributed by atoms with Gasteiger partial charge in [0.15, 0.2) is 0 Å². The lowest BCUT2D eigenvalue weighted by Crippen LogP contribution is -2.49. The molecule has 0 aromatic heterocycles.